The molecular weight excluding hydrogens is 358 g/mol. The van der Waals surface area contributed by atoms with Crippen molar-refractivity contribution in [3.05, 3.63) is 75.2 Å². The van der Waals surface area contributed by atoms with Gasteiger partial charge in [0.1, 0.15) is 0 Å². The number of nitrogens with one attached hydrogen (secondary N) is 1. The third-order valence-electron chi connectivity index (χ3n) is 5.60. The number of aromatic nitrogens is 1. The van der Waals surface area contributed by atoms with Crippen molar-refractivity contribution in [3.8, 4) is 0 Å². The average molecular weight is 384 g/mol. The number of H-pyrrole nitrogens is 1. The molecule has 2 N–H and O–H groups in total. The maximum atomic E-state index is 12.5. The molecule has 4 rings (SSSR count). The molecule has 2 aromatic rings. The third-order valence-corrected chi connectivity index (χ3v) is 6.18. The number of rotatable bonds is 6. The maximum absolute atomic E-state index is 12.5. The van der Waals surface area contributed by atoms with Gasteiger partial charge in [-0.25, -0.2) is 4.21 Å². The minimum atomic E-state index is -1.84. The van der Waals surface area contributed by atoms with Crippen molar-refractivity contribution < 1.29 is 8.76 Å². The lowest BCUT2D eigenvalue weighted by atomic mass is 9.95. The molecule has 2 saturated carbocycles. The van der Waals surface area contributed by atoms with E-state index < -0.39 is 11.1 Å². The Morgan fingerprint density at radius 1 is 1.07 bits per heavy atom. The Labute approximate surface area is 162 Å². The summed E-state index contributed by atoms with van der Waals surface area (Å²) in [6, 6.07) is 11.8. The lowest BCUT2D eigenvalue weighted by molar-refractivity contribution is 0.563. The largest absolute Gasteiger partial charge is 0.322 e. The molecule has 0 saturated heterocycles. The lowest BCUT2D eigenvalue weighted by Crippen LogP contribution is -2.13. The SMILES string of the molecule is O=c1[nH]c(/C(=C/C2CCCC2)c2ccc(CS(=O)O)cc2)ccc1C1CC1. The summed E-state index contributed by atoms with van der Waals surface area (Å²) in [7, 11) is 0. The van der Waals surface area contributed by atoms with E-state index in [1.165, 1.54) is 25.7 Å². The van der Waals surface area contributed by atoms with Crippen LogP contribution in [0.25, 0.3) is 5.57 Å². The highest BCUT2D eigenvalue weighted by Gasteiger charge is 2.26. The molecule has 142 valence electrons. The molecule has 4 nitrogen and oxygen atoms in total. The smallest absolute Gasteiger partial charge is 0.251 e. The molecule has 1 aromatic carbocycles. The number of hydrogen-bond acceptors (Lipinski definition) is 2. The van der Waals surface area contributed by atoms with Gasteiger partial charge >= 0.3 is 0 Å². The fourth-order valence-corrected chi connectivity index (χ4v) is 4.46. The second-order valence-electron chi connectivity index (χ2n) is 7.72. The van der Waals surface area contributed by atoms with Crippen LogP contribution in [0.1, 0.15) is 66.8 Å². The molecule has 0 bridgehead atoms. The summed E-state index contributed by atoms with van der Waals surface area (Å²) in [5.41, 5.74) is 4.70. The standard InChI is InChI=1S/C22H25NO3S/c24-22-19(17-9-10-17)11-12-21(23-22)20(13-15-3-1-2-4-15)18-7-5-16(6-8-18)14-27(25)26/h5-8,11-13,15,17H,1-4,9-10,14H2,(H,23,24)(H,25,26)/b20-13+. The molecule has 1 heterocycles. The van der Waals surface area contributed by atoms with Crippen LogP contribution in [0.5, 0.6) is 0 Å². The van der Waals surface area contributed by atoms with E-state index in [4.69, 9.17) is 4.55 Å². The van der Waals surface area contributed by atoms with Crippen LogP contribution in [-0.2, 0) is 16.8 Å². The van der Waals surface area contributed by atoms with E-state index in [0.29, 0.717) is 11.8 Å². The van der Waals surface area contributed by atoms with Crippen molar-refractivity contribution in [2.45, 2.75) is 50.2 Å². The van der Waals surface area contributed by atoms with Gasteiger partial charge < -0.3 is 9.54 Å². The van der Waals surface area contributed by atoms with Gasteiger partial charge in [0.2, 0.25) is 0 Å². The first kappa shape index (κ1) is 18.4. The Bertz CT molecular complexity index is 919. The first-order valence-electron chi connectivity index (χ1n) is 9.72. The molecule has 27 heavy (non-hydrogen) atoms. The second-order valence-corrected chi connectivity index (χ2v) is 8.65. The number of benzene rings is 1. The van der Waals surface area contributed by atoms with Crippen molar-refractivity contribution in [1.82, 2.24) is 4.98 Å². The minimum Gasteiger partial charge on any atom is -0.322 e. The zero-order valence-corrected chi connectivity index (χ0v) is 16.1. The molecule has 2 aliphatic carbocycles. The molecule has 0 amide bonds. The Hall–Kier alpha value is -1.98. The Morgan fingerprint density at radius 3 is 2.37 bits per heavy atom. The van der Waals surface area contributed by atoms with Crippen molar-refractivity contribution in [1.29, 1.82) is 0 Å². The number of allylic oxidation sites excluding steroid dienone is 1. The summed E-state index contributed by atoms with van der Waals surface area (Å²) < 4.78 is 20.1. The van der Waals surface area contributed by atoms with Crippen molar-refractivity contribution in [3.63, 3.8) is 0 Å². The summed E-state index contributed by atoms with van der Waals surface area (Å²) in [4.78, 5) is 15.6. The summed E-state index contributed by atoms with van der Waals surface area (Å²) >= 11 is -1.84. The number of pyridine rings is 1. The van der Waals surface area contributed by atoms with E-state index in [-0.39, 0.29) is 11.3 Å². The molecule has 2 aliphatic rings. The van der Waals surface area contributed by atoms with Crippen LogP contribution in [0.3, 0.4) is 0 Å². The van der Waals surface area contributed by atoms with Gasteiger partial charge in [-0.05, 0) is 54.7 Å². The van der Waals surface area contributed by atoms with Gasteiger partial charge in [-0.1, -0.05) is 49.2 Å². The Kier molecular flexibility index (Phi) is 5.41. The highest BCUT2D eigenvalue weighted by Crippen LogP contribution is 2.38. The van der Waals surface area contributed by atoms with Crippen LogP contribution in [-0.4, -0.2) is 13.7 Å². The lowest BCUT2D eigenvalue weighted by Gasteiger charge is -2.13. The molecule has 0 spiro atoms. The van der Waals surface area contributed by atoms with Gasteiger partial charge in [-0.2, -0.15) is 0 Å². The second kappa shape index (κ2) is 7.95. The molecule has 1 unspecified atom stereocenters. The molecule has 0 radical (unpaired) electrons. The number of hydrogen-bond donors (Lipinski definition) is 2. The zero-order chi connectivity index (χ0) is 18.8. The summed E-state index contributed by atoms with van der Waals surface area (Å²) in [5.74, 6) is 1.11. The van der Waals surface area contributed by atoms with Gasteiger partial charge in [-0.15, -0.1) is 0 Å². The molecular formula is C22H25NO3S. The molecule has 1 aromatic heterocycles. The highest BCUT2D eigenvalue weighted by atomic mass is 32.2. The normalized spacial score (nSPS) is 19.4. The van der Waals surface area contributed by atoms with E-state index in [2.05, 4.69) is 11.1 Å². The van der Waals surface area contributed by atoms with E-state index in [9.17, 15) is 9.00 Å². The van der Waals surface area contributed by atoms with Gasteiger partial charge in [0.25, 0.3) is 5.56 Å². The topological polar surface area (TPSA) is 70.2 Å². The van der Waals surface area contributed by atoms with Crippen LogP contribution in [0.15, 0.2) is 47.3 Å². The summed E-state index contributed by atoms with van der Waals surface area (Å²) in [6.45, 7) is 0. The van der Waals surface area contributed by atoms with Crippen molar-refractivity contribution in [2.75, 3.05) is 0 Å². The molecule has 2 fully saturated rings. The summed E-state index contributed by atoms with van der Waals surface area (Å²) in [6.07, 6.45) is 9.42. The average Bonchev–Trinajstić information content (AvgIpc) is 3.35. The predicted octanol–water partition coefficient (Wildman–Crippen LogP) is 4.60. The first-order valence-corrected chi connectivity index (χ1v) is 11.0. The van der Waals surface area contributed by atoms with E-state index >= 15 is 0 Å². The fraction of sp³-hybridized carbons (Fsp3) is 0.409. The van der Waals surface area contributed by atoms with E-state index in [0.717, 1.165) is 40.8 Å². The third kappa shape index (κ3) is 4.47. The predicted molar refractivity (Wildman–Crippen MR) is 109 cm³/mol. The van der Waals surface area contributed by atoms with Gasteiger partial charge in [0, 0.05) is 16.8 Å². The van der Waals surface area contributed by atoms with E-state index in [1.54, 1.807) is 0 Å². The minimum absolute atomic E-state index is 0.0274. The zero-order valence-electron chi connectivity index (χ0n) is 15.3. The fourth-order valence-electron chi connectivity index (χ4n) is 3.98. The van der Waals surface area contributed by atoms with Crippen LogP contribution in [0.4, 0.5) is 0 Å². The van der Waals surface area contributed by atoms with Crippen molar-refractivity contribution >= 4 is 16.7 Å². The van der Waals surface area contributed by atoms with Crippen LogP contribution < -0.4 is 5.56 Å². The Balaban J connectivity index is 1.69. The summed E-state index contributed by atoms with van der Waals surface area (Å²) in [5, 5.41) is 0. The van der Waals surface area contributed by atoms with Crippen LogP contribution in [0.2, 0.25) is 0 Å². The van der Waals surface area contributed by atoms with Crippen molar-refractivity contribution in [2.24, 2.45) is 5.92 Å². The monoisotopic (exact) mass is 383 g/mol. The number of aromatic amines is 1. The molecule has 1 atom stereocenters. The van der Waals surface area contributed by atoms with Gasteiger partial charge in [0.15, 0.2) is 11.1 Å². The Morgan fingerprint density at radius 2 is 1.78 bits per heavy atom. The molecule has 0 aliphatic heterocycles. The van der Waals surface area contributed by atoms with Gasteiger partial charge in [0.05, 0.1) is 5.75 Å². The van der Waals surface area contributed by atoms with Gasteiger partial charge in [-0.3, -0.25) is 4.79 Å². The molecule has 5 heteroatoms. The van der Waals surface area contributed by atoms with Crippen LogP contribution >= 0.6 is 0 Å². The first-order chi connectivity index (χ1) is 13.1. The highest BCUT2D eigenvalue weighted by molar-refractivity contribution is 7.78. The van der Waals surface area contributed by atoms with E-state index in [1.807, 2.05) is 36.4 Å². The van der Waals surface area contributed by atoms with Crippen LogP contribution in [0, 0.1) is 5.92 Å². The quantitative estimate of drug-likeness (QED) is 0.717. The maximum Gasteiger partial charge on any atom is 0.251 e.